The van der Waals surface area contributed by atoms with Crippen LogP contribution in [0.4, 0.5) is 0 Å². The smallest absolute Gasteiger partial charge is 0.0409 e. The minimum absolute atomic E-state index is 0.460. The number of nitrogens with zero attached hydrogens (tertiary/aromatic N) is 2. The molecule has 2 heterocycles. The number of benzene rings is 1. The van der Waals surface area contributed by atoms with Gasteiger partial charge in [-0.2, -0.15) is 0 Å². The zero-order valence-electron chi connectivity index (χ0n) is 12.6. The second kappa shape index (κ2) is 6.05. The minimum Gasteiger partial charge on any atom is -0.298 e. The number of hydrogen-bond donors (Lipinski definition) is 0. The Morgan fingerprint density at radius 3 is 2.95 bits per heavy atom. The third-order valence-corrected chi connectivity index (χ3v) is 5.37. The van der Waals surface area contributed by atoms with E-state index in [4.69, 9.17) is 11.6 Å². The van der Waals surface area contributed by atoms with Crippen LogP contribution in [-0.2, 0) is 0 Å². The van der Waals surface area contributed by atoms with Crippen LogP contribution in [0, 0.1) is 0 Å². The van der Waals surface area contributed by atoms with Gasteiger partial charge >= 0.3 is 0 Å². The first-order chi connectivity index (χ1) is 9.69. The van der Waals surface area contributed by atoms with E-state index in [2.05, 4.69) is 41.8 Å². The average molecular weight is 293 g/mol. The molecule has 2 aliphatic heterocycles. The Morgan fingerprint density at radius 2 is 2.20 bits per heavy atom. The lowest BCUT2D eigenvalue weighted by Crippen LogP contribution is -2.56. The van der Waals surface area contributed by atoms with Crippen LogP contribution in [-0.4, -0.2) is 41.5 Å². The minimum atomic E-state index is 0.460. The van der Waals surface area contributed by atoms with E-state index in [-0.39, 0.29) is 0 Å². The van der Waals surface area contributed by atoms with Crippen LogP contribution in [0.3, 0.4) is 0 Å². The molecule has 3 atom stereocenters. The van der Waals surface area contributed by atoms with Gasteiger partial charge in [0.1, 0.15) is 0 Å². The molecule has 2 saturated heterocycles. The molecular formula is C17H25ClN2. The molecule has 0 spiro atoms. The van der Waals surface area contributed by atoms with Gasteiger partial charge in [-0.05, 0) is 50.4 Å². The van der Waals surface area contributed by atoms with Gasteiger partial charge in [-0.1, -0.05) is 30.7 Å². The van der Waals surface area contributed by atoms with Crippen molar-refractivity contribution in [2.75, 3.05) is 19.6 Å². The van der Waals surface area contributed by atoms with Gasteiger partial charge in [0, 0.05) is 36.2 Å². The Hall–Kier alpha value is -0.570. The summed E-state index contributed by atoms with van der Waals surface area (Å²) in [7, 11) is 0. The lowest BCUT2D eigenvalue weighted by Gasteiger charge is -2.46. The van der Waals surface area contributed by atoms with Crippen LogP contribution in [0.2, 0.25) is 5.02 Å². The first-order valence-electron chi connectivity index (χ1n) is 7.94. The van der Waals surface area contributed by atoms with E-state index >= 15 is 0 Å². The molecular weight excluding hydrogens is 268 g/mol. The number of halogens is 1. The summed E-state index contributed by atoms with van der Waals surface area (Å²) >= 11 is 6.16. The molecule has 2 aliphatic rings. The molecule has 0 radical (unpaired) electrons. The van der Waals surface area contributed by atoms with E-state index in [1.807, 2.05) is 6.07 Å². The summed E-state index contributed by atoms with van der Waals surface area (Å²) in [6.07, 6.45) is 3.98. The lowest BCUT2D eigenvalue weighted by atomic mass is 9.99. The maximum absolute atomic E-state index is 6.16. The van der Waals surface area contributed by atoms with Crippen LogP contribution in [0.25, 0.3) is 0 Å². The van der Waals surface area contributed by atoms with Crippen molar-refractivity contribution in [2.45, 2.75) is 51.2 Å². The predicted octanol–water partition coefficient (Wildman–Crippen LogP) is 3.96. The topological polar surface area (TPSA) is 6.48 Å². The molecule has 3 heteroatoms. The quantitative estimate of drug-likeness (QED) is 0.832. The summed E-state index contributed by atoms with van der Waals surface area (Å²) in [5.74, 6) is 0. The molecule has 0 saturated carbocycles. The van der Waals surface area contributed by atoms with E-state index in [0.29, 0.717) is 12.1 Å². The molecule has 3 unspecified atom stereocenters. The fraction of sp³-hybridized carbons (Fsp3) is 0.647. The second-order valence-corrected chi connectivity index (χ2v) is 6.72. The van der Waals surface area contributed by atoms with Gasteiger partial charge < -0.3 is 0 Å². The molecule has 0 aliphatic carbocycles. The molecule has 1 aromatic carbocycles. The third-order valence-electron chi connectivity index (χ3n) is 5.13. The Kier molecular flexibility index (Phi) is 4.34. The molecule has 0 N–H and O–H groups in total. The molecule has 2 nitrogen and oxygen atoms in total. The Labute approximate surface area is 127 Å². The van der Waals surface area contributed by atoms with Crippen molar-refractivity contribution in [2.24, 2.45) is 0 Å². The van der Waals surface area contributed by atoms with Crippen molar-refractivity contribution in [3.63, 3.8) is 0 Å². The van der Waals surface area contributed by atoms with Gasteiger partial charge in [0.05, 0.1) is 0 Å². The van der Waals surface area contributed by atoms with Gasteiger partial charge in [0.25, 0.3) is 0 Å². The number of piperazine rings is 1. The molecule has 0 bridgehead atoms. The normalized spacial score (nSPS) is 29.4. The van der Waals surface area contributed by atoms with Gasteiger partial charge in [-0.15, -0.1) is 0 Å². The van der Waals surface area contributed by atoms with Crippen molar-refractivity contribution in [3.05, 3.63) is 34.9 Å². The van der Waals surface area contributed by atoms with E-state index in [0.717, 1.165) is 11.1 Å². The second-order valence-electron chi connectivity index (χ2n) is 6.28. The molecule has 1 aromatic rings. The van der Waals surface area contributed by atoms with Crippen LogP contribution in [0.5, 0.6) is 0 Å². The number of fused-ring (bicyclic) bond motifs is 1. The van der Waals surface area contributed by atoms with Crippen molar-refractivity contribution < 1.29 is 0 Å². The molecule has 3 rings (SSSR count). The van der Waals surface area contributed by atoms with E-state index in [1.54, 1.807) is 0 Å². The zero-order chi connectivity index (χ0) is 14.1. The van der Waals surface area contributed by atoms with Crippen LogP contribution < -0.4 is 0 Å². The van der Waals surface area contributed by atoms with Crippen molar-refractivity contribution in [1.82, 2.24) is 9.80 Å². The van der Waals surface area contributed by atoms with Crippen LogP contribution in [0.15, 0.2) is 24.3 Å². The number of rotatable bonds is 3. The van der Waals surface area contributed by atoms with Crippen LogP contribution >= 0.6 is 11.6 Å². The Morgan fingerprint density at radius 1 is 1.35 bits per heavy atom. The van der Waals surface area contributed by atoms with E-state index < -0.39 is 0 Å². The monoisotopic (exact) mass is 292 g/mol. The van der Waals surface area contributed by atoms with E-state index in [9.17, 15) is 0 Å². The first-order valence-corrected chi connectivity index (χ1v) is 8.32. The van der Waals surface area contributed by atoms with Gasteiger partial charge in [0.2, 0.25) is 0 Å². The maximum atomic E-state index is 6.16. The third kappa shape index (κ3) is 2.74. The summed E-state index contributed by atoms with van der Waals surface area (Å²) in [4.78, 5) is 5.41. The van der Waals surface area contributed by atoms with Crippen molar-refractivity contribution in [3.8, 4) is 0 Å². The highest BCUT2D eigenvalue weighted by atomic mass is 35.5. The average Bonchev–Trinajstić information content (AvgIpc) is 2.92. The summed E-state index contributed by atoms with van der Waals surface area (Å²) < 4.78 is 0. The fourth-order valence-corrected chi connectivity index (χ4v) is 4.10. The molecule has 2 fully saturated rings. The van der Waals surface area contributed by atoms with Gasteiger partial charge in [-0.25, -0.2) is 0 Å². The SMILES string of the molecule is CCC1CN2CCCC2CN1C(C)c1cccc(Cl)c1. The molecule has 0 amide bonds. The first kappa shape index (κ1) is 14.4. The summed E-state index contributed by atoms with van der Waals surface area (Å²) in [6, 6.07) is 10.3. The Bertz CT molecular complexity index is 462. The van der Waals surface area contributed by atoms with Crippen LogP contribution in [0.1, 0.15) is 44.7 Å². The number of hydrogen-bond acceptors (Lipinski definition) is 2. The Balaban J connectivity index is 1.79. The maximum Gasteiger partial charge on any atom is 0.0409 e. The zero-order valence-corrected chi connectivity index (χ0v) is 13.3. The summed E-state index contributed by atoms with van der Waals surface area (Å²) in [5.41, 5.74) is 1.35. The predicted molar refractivity (Wildman–Crippen MR) is 85.2 cm³/mol. The molecule has 110 valence electrons. The van der Waals surface area contributed by atoms with Gasteiger partial charge in [0.15, 0.2) is 0 Å². The molecule has 0 aromatic heterocycles. The standard InChI is InChI=1S/C17H25ClN2/c1-3-16-11-19-9-5-8-17(19)12-20(16)13(2)14-6-4-7-15(18)10-14/h4,6-7,10,13,16-17H,3,5,8-9,11-12H2,1-2H3. The van der Waals surface area contributed by atoms with Crippen molar-refractivity contribution >= 4 is 11.6 Å². The van der Waals surface area contributed by atoms with Gasteiger partial charge in [-0.3, -0.25) is 9.80 Å². The molecule has 20 heavy (non-hydrogen) atoms. The largest absolute Gasteiger partial charge is 0.298 e. The highest BCUT2D eigenvalue weighted by Gasteiger charge is 2.37. The fourth-order valence-electron chi connectivity index (χ4n) is 3.91. The highest BCUT2D eigenvalue weighted by molar-refractivity contribution is 6.30. The summed E-state index contributed by atoms with van der Waals surface area (Å²) in [6.45, 7) is 8.41. The highest BCUT2D eigenvalue weighted by Crippen LogP contribution is 2.32. The van der Waals surface area contributed by atoms with E-state index in [1.165, 1.54) is 44.5 Å². The lowest BCUT2D eigenvalue weighted by molar-refractivity contribution is 0.0227. The van der Waals surface area contributed by atoms with Crippen molar-refractivity contribution in [1.29, 1.82) is 0 Å². The summed E-state index contributed by atoms with van der Waals surface area (Å²) in [5, 5.41) is 0.849.